The molecular weight excluding hydrogens is 1090 g/mol. The molecule has 0 bridgehead atoms. The lowest BCUT2D eigenvalue weighted by molar-refractivity contribution is 0.435. The fourth-order valence-corrected chi connectivity index (χ4v) is 22.1. The first-order valence-electron chi connectivity index (χ1n) is 21.4. The Labute approximate surface area is 403 Å². The molecule has 0 fully saturated rings. The maximum absolute atomic E-state index is 17.0. The summed E-state index contributed by atoms with van der Waals surface area (Å²) in [5, 5.41) is -0.212. The maximum Gasteiger partial charge on any atom is 0.206 e. The van der Waals surface area contributed by atoms with Gasteiger partial charge in [-0.3, -0.25) is 0 Å². The lowest BCUT2D eigenvalue weighted by Gasteiger charge is -2.54. The topological polar surface area (TPSA) is 0 Å². The van der Waals surface area contributed by atoms with E-state index in [1.54, 1.807) is 0 Å². The monoisotopic (exact) mass is 1110 g/mol. The van der Waals surface area contributed by atoms with Gasteiger partial charge in [0.05, 0.1) is 34.6 Å². The van der Waals surface area contributed by atoms with Crippen molar-refractivity contribution in [3.05, 3.63) is 191 Å². The van der Waals surface area contributed by atoms with Crippen molar-refractivity contribution in [2.24, 2.45) is 0 Å². The Morgan fingerprint density at radius 2 is 0.622 bits per heavy atom. The van der Waals surface area contributed by atoms with Crippen LogP contribution in [-0.2, 0) is 0 Å². The second kappa shape index (κ2) is 19.2. The first-order valence-corrected chi connectivity index (χ1v) is 25.9. The third-order valence-electron chi connectivity index (χ3n) is 14.0. The molecule has 0 spiro atoms. The van der Waals surface area contributed by atoms with Gasteiger partial charge in [0.25, 0.3) is 0 Å². The standard InChI is InChI=1S/C12H15F4P.4C9H2F5.Al/c1-4-6-17(5-2)12-9(14)7(3)8(13)10(15)11(12)16;4*10-4-1-3-2-5(11)8(13)9(14)6(3)7(4)12;/h4-6H2,1-3H3;4*1-2H;/q;;;;;-1/p+1. The Morgan fingerprint density at radius 1 is 0.351 bits per heavy atom. The predicted molar refractivity (Wildman–Crippen MR) is 223 cm³/mol. The Kier molecular flexibility index (Phi) is 14.1. The molecule has 0 aliphatic heterocycles. The highest BCUT2D eigenvalue weighted by molar-refractivity contribution is 7.65. The highest BCUT2D eigenvalue weighted by Crippen LogP contribution is 2.71. The van der Waals surface area contributed by atoms with E-state index in [4.69, 9.17) is 0 Å². The molecule has 74 heavy (non-hydrogen) atoms. The van der Waals surface area contributed by atoms with Crippen molar-refractivity contribution in [1.82, 2.24) is 0 Å². The molecular formula is C48H24AlF24P. The van der Waals surface area contributed by atoms with Crippen molar-refractivity contribution >= 4 is 49.6 Å². The molecule has 0 radical (unpaired) electrons. The van der Waals surface area contributed by atoms with Gasteiger partial charge in [-0.05, 0) is 44.5 Å². The molecule has 4 aliphatic rings. The summed E-state index contributed by atoms with van der Waals surface area (Å²) >= 11 is -7.79. The van der Waals surface area contributed by atoms with E-state index in [0.29, 0.717) is 12.3 Å². The SMILES string of the molecule is CCC[PH+](CC)c1c(F)c(C)c(F)c(F)c1F.FC1=C(F)[CH]([Al-]([CH]2C(F)=C(F)c3c2cc(F)c(F)c3F)([CH]2C(F)=C(F)c3c2cc(F)c(F)c3F)[CH]2C(F)=C(F)c3c2cc(F)c(F)c3F)c2cc(F)c(F)c(F)c21. The number of hydrogen-bond donors (Lipinski definition) is 0. The van der Waals surface area contributed by atoms with Crippen molar-refractivity contribution < 1.29 is 105 Å². The van der Waals surface area contributed by atoms with Gasteiger partial charge in [-0.25, -0.2) is 101 Å². The Balaban J connectivity index is 0.000000366. The molecule has 26 heteroatoms. The largest absolute Gasteiger partial charge is 0.212 e. The normalized spacial score (nSPS) is 20.1. The number of benzene rings is 5. The van der Waals surface area contributed by atoms with Gasteiger partial charge in [-0.15, -0.1) is 0 Å². The lowest BCUT2D eigenvalue weighted by Crippen LogP contribution is -2.58. The molecule has 0 heterocycles. The average molecular weight is 1110 g/mol. The molecule has 0 N–H and O–H groups in total. The van der Waals surface area contributed by atoms with Gasteiger partial charge in [-0.1, -0.05) is 48.3 Å². The van der Waals surface area contributed by atoms with Crippen LogP contribution in [0.4, 0.5) is 105 Å². The molecule has 5 aromatic carbocycles. The van der Waals surface area contributed by atoms with Crippen LogP contribution in [0.2, 0.25) is 0 Å². The first kappa shape index (κ1) is 54.6. The van der Waals surface area contributed by atoms with Gasteiger partial charge in [0.15, 0.2) is 116 Å². The van der Waals surface area contributed by atoms with Crippen molar-refractivity contribution in [2.45, 2.75) is 46.3 Å². The third kappa shape index (κ3) is 7.42. The van der Waals surface area contributed by atoms with E-state index in [1.165, 1.54) is 0 Å². The van der Waals surface area contributed by atoms with Crippen LogP contribution < -0.4 is 5.30 Å². The number of hydrogen-bond acceptors (Lipinski definition) is 0. The zero-order valence-corrected chi connectivity index (χ0v) is 39.0. The van der Waals surface area contributed by atoms with Gasteiger partial charge in [0.1, 0.15) is 23.3 Å². The summed E-state index contributed by atoms with van der Waals surface area (Å²) in [6.07, 6.45) is 2.02. The van der Waals surface area contributed by atoms with Crippen LogP contribution in [0.5, 0.6) is 0 Å². The summed E-state index contributed by atoms with van der Waals surface area (Å²) in [4.78, 5) is 0. The van der Waals surface area contributed by atoms with Gasteiger partial charge in [-0.2, -0.15) is 4.39 Å². The molecule has 5 aromatic rings. The fraction of sp³-hybridized carbons (Fsp3) is 0.208. The average Bonchev–Trinajstić information content (AvgIpc) is 3.96. The molecule has 0 amide bonds. The minimum absolute atomic E-state index is 0.212. The van der Waals surface area contributed by atoms with E-state index in [-0.39, 0.29) is 29.6 Å². The summed E-state index contributed by atoms with van der Waals surface area (Å²) in [5.41, 5.74) is -15.6. The van der Waals surface area contributed by atoms with Crippen molar-refractivity contribution in [3.63, 3.8) is 0 Å². The van der Waals surface area contributed by atoms with Gasteiger partial charge in [0.2, 0.25) is 18.9 Å². The molecule has 0 saturated heterocycles. The Morgan fingerprint density at radius 3 is 0.865 bits per heavy atom. The summed E-state index contributed by atoms with van der Waals surface area (Å²) in [6, 6.07) is -1.40. The Hall–Kier alpha value is -5.66. The van der Waals surface area contributed by atoms with E-state index in [1.807, 2.05) is 13.8 Å². The number of rotatable bonds is 8. The van der Waals surface area contributed by atoms with E-state index >= 15 is 70.2 Å². The molecule has 9 rings (SSSR count). The van der Waals surface area contributed by atoms with E-state index in [0.717, 1.165) is 13.3 Å². The summed E-state index contributed by atoms with van der Waals surface area (Å²) in [6.45, 7) is 4.86. The highest BCUT2D eigenvalue weighted by Gasteiger charge is 2.68. The van der Waals surface area contributed by atoms with Crippen molar-refractivity contribution in [2.75, 3.05) is 12.3 Å². The minimum atomic E-state index is -7.79. The van der Waals surface area contributed by atoms with Crippen LogP contribution in [0.15, 0.2) is 47.6 Å². The smallest absolute Gasteiger partial charge is 0.206 e. The van der Waals surface area contributed by atoms with Gasteiger partial charge in [0, 0.05) is 13.5 Å². The molecule has 5 unspecified atom stereocenters. The molecule has 0 nitrogen and oxygen atoms in total. The molecule has 4 aliphatic carbocycles. The lowest BCUT2D eigenvalue weighted by atomic mass is 10.1. The summed E-state index contributed by atoms with van der Waals surface area (Å²) in [5.74, 6) is -57.9. The van der Waals surface area contributed by atoms with Crippen LogP contribution in [0, 0.1) is 100.0 Å². The number of halogens is 24. The zero-order valence-electron chi connectivity index (χ0n) is 36.9. The highest BCUT2D eigenvalue weighted by atomic mass is 31.1. The molecule has 0 saturated carbocycles. The zero-order chi connectivity index (χ0) is 55.0. The van der Waals surface area contributed by atoms with Gasteiger partial charge >= 0.3 is 0 Å². The summed E-state index contributed by atoms with van der Waals surface area (Å²) in [7, 11) is -1.49. The van der Waals surface area contributed by atoms with Crippen molar-refractivity contribution in [3.8, 4) is 0 Å². The molecule has 0 aromatic heterocycles. The van der Waals surface area contributed by atoms with E-state index in [9.17, 15) is 35.1 Å². The Bertz CT molecular complexity index is 3050. The summed E-state index contributed by atoms with van der Waals surface area (Å²) < 4.78 is 352. The first-order chi connectivity index (χ1) is 34.6. The fourth-order valence-electron chi connectivity index (χ4n) is 11.2. The molecule has 392 valence electrons. The molecule has 5 atom stereocenters. The second-order valence-electron chi connectivity index (χ2n) is 17.5. The number of allylic oxidation sites excluding steroid dienone is 4. The van der Waals surface area contributed by atoms with Crippen LogP contribution in [0.25, 0.3) is 23.3 Å². The number of fused-ring (bicyclic) bond motifs is 4. The third-order valence-corrected chi connectivity index (χ3v) is 24.4. The quantitative estimate of drug-likeness (QED) is 0.0478. The van der Waals surface area contributed by atoms with Crippen molar-refractivity contribution in [1.29, 1.82) is 0 Å². The van der Waals surface area contributed by atoms with Crippen LogP contribution in [0.1, 0.15) is 89.5 Å². The van der Waals surface area contributed by atoms with Crippen LogP contribution in [0.3, 0.4) is 0 Å². The van der Waals surface area contributed by atoms with E-state index in [2.05, 4.69) is 0 Å². The maximum atomic E-state index is 17.0. The predicted octanol–water partition coefficient (Wildman–Crippen LogP) is 16.7. The van der Waals surface area contributed by atoms with Gasteiger partial charge < -0.3 is 0 Å². The minimum Gasteiger partial charge on any atom is -0.212 e. The van der Waals surface area contributed by atoms with Crippen LogP contribution in [-0.4, -0.2) is 25.4 Å². The second-order valence-corrected chi connectivity index (χ2v) is 25.4. The van der Waals surface area contributed by atoms with E-state index < -0.39 is 230 Å². The van der Waals surface area contributed by atoms with Crippen LogP contribution >= 0.6 is 7.92 Å².